The number of fused-ring (bicyclic) bond motifs is 1. The Morgan fingerprint density at radius 1 is 1.21 bits per heavy atom. The van der Waals surface area contributed by atoms with Gasteiger partial charge >= 0.3 is 0 Å². The third-order valence-corrected chi connectivity index (χ3v) is 8.49. The van der Waals surface area contributed by atoms with E-state index in [1.165, 1.54) is 39.9 Å². The Balaban J connectivity index is 1.66. The molecule has 4 rings (SSSR count). The average Bonchev–Trinajstić information content (AvgIpc) is 3.60. The van der Waals surface area contributed by atoms with Gasteiger partial charge in [-0.25, -0.2) is 8.42 Å². The molecule has 10 heteroatoms. The molecule has 176 valence electrons. The van der Waals surface area contributed by atoms with Crippen molar-refractivity contribution in [2.45, 2.75) is 37.2 Å². The van der Waals surface area contributed by atoms with Crippen molar-refractivity contribution in [1.82, 2.24) is 8.87 Å². The van der Waals surface area contributed by atoms with Crippen molar-refractivity contribution in [1.29, 1.82) is 0 Å². The SMILES string of the molecule is CCOc1ccc2c(c1)sc(=NC(=O)c1ccc(S(=O)(=O)N(C)C3CC3)cc1)n2CCOC. The van der Waals surface area contributed by atoms with Crippen LogP contribution in [0.4, 0.5) is 0 Å². The van der Waals surface area contributed by atoms with Crippen molar-refractivity contribution in [3.63, 3.8) is 0 Å². The third-order valence-electron chi connectivity index (χ3n) is 5.52. The van der Waals surface area contributed by atoms with Crippen LogP contribution < -0.4 is 9.54 Å². The van der Waals surface area contributed by atoms with Crippen molar-refractivity contribution in [3.05, 3.63) is 52.8 Å². The maximum atomic E-state index is 12.9. The number of nitrogens with zero attached hydrogens (tertiary/aromatic N) is 3. The molecule has 0 saturated heterocycles. The van der Waals surface area contributed by atoms with Gasteiger partial charge in [0, 0.05) is 32.3 Å². The number of aromatic nitrogens is 1. The fourth-order valence-corrected chi connectivity index (χ4v) is 6.01. The predicted octanol–water partition coefficient (Wildman–Crippen LogP) is 3.27. The first-order chi connectivity index (χ1) is 15.8. The molecule has 1 fully saturated rings. The molecule has 0 atom stereocenters. The zero-order valence-corrected chi connectivity index (χ0v) is 20.5. The maximum Gasteiger partial charge on any atom is 0.279 e. The van der Waals surface area contributed by atoms with Gasteiger partial charge in [-0.2, -0.15) is 9.30 Å². The number of thiazole rings is 1. The minimum absolute atomic E-state index is 0.0741. The quantitative estimate of drug-likeness (QED) is 0.460. The number of carbonyl (C=O) groups excluding carboxylic acids is 1. The fourth-order valence-electron chi connectivity index (χ4n) is 3.52. The number of rotatable bonds is 9. The van der Waals surface area contributed by atoms with Crippen LogP contribution in [-0.4, -0.2) is 56.6 Å². The predicted molar refractivity (Wildman–Crippen MR) is 127 cm³/mol. The molecule has 3 aromatic rings. The van der Waals surface area contributed by atoms with Crippen LogP contribution in [0.1, 0.15) is 30.1 Å². The molecule has 0 unspecified atom stereocenters. The summed E-state index contributed by atoms with van der Waals surface area (Å²) in [6.07, 6.45) is 1.77. The van der Waals surface area contributed by atoms with E-state index < -0.39 is 15.9 Å². The number of amides is 1. The minimum Gasteiger partial charge on any atom is -0.494 e. The number of methoxy groups -OCH3 is 1. The number of carbonyl (C=O) groups is 1. The van der Waals surface area contributed by atoms with Gasteiger partial charge in [0.1, 0.15) is 5.75 Å². The molecule has 0 radical (unpaired) electrons. The molecule has 8 nitrogen and oxygen atoms in total. The topological polar surface area (TPSA) is 90.2 Å². The molecular formula is C23H27N3O5S2. The summed E-state index contributed by atoms with van der Waals surface area (Å²) in [6.45, 7) is 3.51. The molecule has 2 aromatic carbocycles. The minimum atomic E-state index is -3.56. The van der Waals surface area contributed by atoms with Crippen molar-refractivity contribution < 1.29 is 22.7 Å². The number of benzene rings is 2. The van der Waals surface area contributed by atoms with Gasteiger partial charge in [-0.15, -0.1) is 0 Å². The molecule has 1 aliphatic carbocycles. The molecule has 1 heterocycles. The maximum absolute atomic E-state index is 12.9. The average molecular weight is 490 g/mol. The van der Waals surface area contributed by atoms with E-state index in [9.17, 15) is 13.2 Å². The largest absolute Gasteiger partial charge is 0.494 e. The van der Waals surface area contributed by atoms with Crippen LogP contribution in [-0.2, 0) is 21.3 Å². The summed E-state index contributed by atoms with van der Waals surface area (Å²) in [5, 5.41) is 0. The van der Waals surface area contributed by atoms with Crippen LogP contribution in [0.2, 0.25) is 0 Å². The summed E-state index contributed by atoms with van der Waals surface area (Å²) in [5.41, 5.74) is 1.27. The van der Waals surface area contributed by atoms with Crippen molar-refractivity contribution in [2.75, 3.05) is 27.4 Å². The van der Waals surface area contributed by atoms with Gasteiger partial charge in [-0.1, -0.05) is 11.3 Å². The van der Waals surface area contributed by atoms with Crippen LogP contribution in [0.25, 0.3) is 10.2 Å². The van der Waals surface area contributed by atoms with Crippen LogP contribution in [0.3, 0.4) is 0 Å². The summed E-state index contributed by atoms with van der Waals surface area (Å²) in [5.74, 6) is 0.327. The third kappa shape index (κ3) is 5.03. The highest BCUT2D eigenvalue weighted by molar-refractivity contribution is 7.89. The Kier molecular flexibility index (Phi) is 6.99. The summed E-state index contributed by atoms with van der Waals surface area (Å²) in [6, 6.07) is 11.8. The second-order valence-electron chi connectivity index (χ2n) is 7.79. The lowest BCUT2D eigenvalue weighted by atomic mass is 10.2. The number of ether oxygens (including phenoxy) is 2. The monoisotopic (exact) mass is 489 g/mol. The van der Waals surface area contributed by atoms with Crippen LogP contribution in [0.15, 0.2) is 52.4 Å². The molecule has 0 N–H and O–H groups in total. The zero-order valence-electron chi connectivity index (χ0n) is 18.9. The van der Waals surface area contributed by atoms with E-state index in [4.69, 9.17) is 9.47 Å². The Labute approximate surface area is 197 Å². The lowest BCUT2D eigenvalue weighted by Gasteiger charge is -2.16. The van der Waals surface area contributed by atoms with E-state index in [-0.39, 0.29) is 10.9 Å². The molecule has 1 amide bonds. The van der Waals surface area contributed by atoms with Gasteiger partial charge < -0.3 is 14.0 Å². The molecule has 1 saturated carbocycles. The Morgan fingerprint density at radius 3 is 2.58 bits per heavy atom. The van der Waals surface area contributed by atoms with Crippen LogP contribution in [0.5, 0.6) is 5.75 Å². The van der Waals surface area contributed by atoms with E-state index in [1.54, 1.807) is 14.2 Å². The van der Waals surface area contributed by atoms with Gasteiger partial charge in [0.2, 0.25) is 10.0 Å². The smallest absolute Gasteiger partial charge is 0.279 e. The van der Waals surface area contributed by atoms with E-state index >= 15 is 0 Å². The van der Waals surface area contributed by atoms with Gasteiger partial charge in [0.25, 0.3) is 5.91 Å². The van der Waals surface area contributed by atoms with Gasteiger partial charge in [0.05, 0.1) is 28.3 Å². The standard InChI is InChI=1S/C23H27N3O5S2/c1-4-31-18-9-12-20-21(15-18)32-23(26(20)13-14-30-3)24-22(27)16-5-10-19(11-6-16)33(28,29)25(2)17-7-8-17/h5-6,9-12,15,17H,4,7-8,13-14H2,1-3H3. The highest BCUT2D eigenvalue weighted by atomic mass is 32.2. The van der Waals surface area contributed by atoms with Crippen molar-refractivity contribution in [2.24, 2.45) is 4.99 Å². The number of hydrogen-bond donors (Lipinski definition) is 0. The van der Waals surface area contributed by atoms with E-state index in [1.807, 2.05) is 29.7 Å². The van der Waals surface area contributed by atoms with Gasteiger partial charge in [-0.3, -0.25) is 4.79 Å². The Hall–Kier alpha value is -2.53. The van der Waals surface area contributed by atoms with Crippen LogP contribution in [0, 0.1) is 0 Å². The Morgan fingerprint density at radius 2 is 1.94 bits per heavy atom. The first-order valence-electron chi connectivity index (χ1n) is 10.8. The molecule has 33 heavy (non-hydrogen) atoms. The lowest BCUT2D eigenvalue weighted by Crippen LogP contribution is -2.28. The lowest BCUT2D eigenvalue weighted by molar-refractivity contribution is 0.0997. The molecule has 0 spiro atoms. The molecule has 1 aliphatic rings. The van der Waals surface area contributed by atoms with E-state index in [0.717, 1.165) is 28.8 Å². The normalized spacial score (nSPS) is 14.8. The first kappa shape index (κ1) is 23.6. The second-order valence-corrected chi connectivity index (χ2v) is 10.8. The summed E-state index contributed by atoms with van der Waals surface area (Å²) in [4.78, 5) is 18.0. The summed E-state index contributed by atoms with van der Waals surface area (Å²) < 4.78 is 40.5. The number of hydrogen-bond acceptors (Lipinski definition) is 6. The summed E-state index contributed by atoms with van der Waals surface area (Å²) in [7, 11) is -0.335. The second kappa shape index (κ2) is 9.76. The number of sulfonamides is 1. The zero-order chi connectivity index (χ0) is 23.6. The van der Waals surface area contributed by atoms with Gasteiger partial charge in [0.15, 0.2) is 4.80 Å². The highest BCUT2D eigenvalue weighted by Crippen LogP contribution is 2.30. The fraction of sp³-hybridized carbons (Fsp3) is 0.391. The first-order valence-corrected chi connectivity index (χ1v) is 13.0. The molecular weight excluding hydrogens is 462 g/mol. The summed E-state index contributed by atoms with van der Waals surface area (Å²) >= 11 is 1.40. The molecule has 0 aliphatic heterocycles. The van der Waals surface area contributed by atoms with Crippen LogP contribution >= 0.6 is 11.3 Å². The van der Waals surface area contributed by atoms with Crippen molar-refractivity contribution in [3.8, 4) is 5.75 Å². The van der Waals surface area contributed by atoms with E-state index in [0.29, 0.717) is 30.1 Å². The molecule has 0 bridgehead atoms. The molecule has 1 aromatic heterocycles. The van der Waals surface area contributed by atoms with Gasteiger partial charge in [-0.05, 0) is 62.2 Å². The Bertz CT molecular complexity index is 1320. The van der Waals surface area contributed by atoms with E-state index in [2.05, 4.69) is 4.99 Å². The van der Waals surface area contributed by atoms with Crippen molar-refractivity contribution >= 4 is 37.5 Å². The highest BCUT2D eigenvalue weighted by Gasteiger charge is 2.35.